The van der Waals surface area contributed by atoms with Gasteiger partial charge in [0.25, 0.3) is 0 Å². The van der Waals surface area contributed by atoms with Gasteiger partial charge in [-0.05, 0) is 13.0 Å². The van der Waals surface area contributed by atoms with Gasteiger partial charge in [-0.2, -0.15) is 0 Å². The fourth-order valence-corrected chi connectivity index (χ4v) is 0.810. The quantitative estimate of drug-likeness (QED) is 0.518. The minimum absolute atomic E-state index is 0.0995. The second-order valence-corrected chi connectivity index (χ2v) is 2.49. The maximum atomic E-state index is 10.5. The zero-order valence-electron chi connectivity index (χ0n) is 7.06. The number of hydrogen-bond acceptors (Lipinski definition) is 3. The molecule has 1 rings (SSSR count). The van der Waals surface area contributed by atoms with Crippen molar-refractivity contribution in [2.45, 2.75) is 6.92 Å². The van der Waals surface area contributed by atoms with Crippen LogP contribution in [0.1, 0.15) is 17.3 Å². The highest BCUT2D eigenvalue weighted by Crippen LogP contribution is 2.11. The molecule has 5 nitrogen and oxygen atoms in total. The third-order valence-corrected chi connectivity index (χ3v) is 1.28. The molecule has 13 heavy (non-hydrogen) atoms. The molecule has 5 heteroatoms. The predicted octanol–water partition coefficient (Wildman–Crippen LogP) is 0.788. The summed E-state index contributed by atoms with van der Waals surface area (Å²) in [6.45, 7) is 1.62. The van der Waals surface area contributed by atoms with Crippen LogP contribution < -0.4 is 5.73 Å². The fourth-order valence-electron chi connectivity index (χ4n) is 0.810. The van der Waals surface area contributed by atoms with E-state index in [1.165, 1.54) is 18.5 Å². The molecule has 0 aliphatic heterocycles. The highest BCUT2D eigenvalue weighted by molar-refractivity contribution is 5.88. The normalized spacial score (nSPS) is 11.3. The Morgan fingerprint density at radius 1 is 1.62 bits per heavy atom. The minimum atomic E-state index is -1.03. The maximum Gasteiger partial charge on any atom is 0.337 e. The van der Waals surface area contributed by atoms with E-state index in [4.69, 9.17) is 10.8 Å². The van der Waals surface area contributed by atoms with Gasteiger partial charge in [0.05, 0.1) is 23.3 Å². The van der Waals surface area contributed by atoms with E-state index >= 15 is 0 Å². The Morgan fingerprint density at radius 2 is 2.31 bits per heavy atom. The first-order valence-electron chi connectivity index (χ1n) is 3.58. The SMILES string of the molecule is CC(N)=Nc1cncc(C(=O)O)c1. The van der Waals surface area contributed by atoms with E-state index in [0.717, 1.165) is 0 Å². The van der Waals surface area contributed by atoms with Crippen LogP contribution in [0.15, 0.2) is 23.5 Å². The van der Waals surface area contributed by atoms with E-state index in [2.05, 4.69) is 9.98 Å². The number of hydrogen-bond donors (Lipinski definition) is 2. The van der Waals surface area contributed by atoms with E-state index < -0.39 is 5.97 Å². The molecule has 68 valence electrons. The van der Waals surface area contributed by atoms with Crippen molar-refractivity contribution in [3.05, 3.63) is 24.0 Å². The molecule has 1 aromatic heterocycles. The summed E-state index contributed by atoms with van der Waals surface area (Å²) in [6, 6.07) is 1.41. The fraction of sp³-hybridized carbons (Fsp3) is 0.125. The maximum absolute atomic E-state index is 10.5. The number of nitrogens with zero attached hydrogens (tertiary/aromatic N) is 2. The molecule has 0 unspecified atom stereocenters. The van der Waals surface area contributed by atoms with Crippen LogP contribution in [0, 0.1) is 0 Å². The van der Waals surface area contributed by atoms with Gasteiger partial charge < -0.3 is 10.8 Å². The molecular formula is C8H9N3O2. The van der Waals surface area contributed by atoms with Crippen molar-refractivity contribution >= 4 is 17.5 Å². The standard InChI is InChI=1S/C8H9N3O2/c1-5(9)11-7-2-6(8(12)13)3-10-4-7/h2-4H,1H3,(H2,9,11)(H,12,13). The molecule has 3 N–H and O–H groups in total. The van der Waals surface area contributed by atoms with Crippen LogP contribution in [-0.4, -0.2) is 21.9 Å². The minimum Gasteiger partial charge on any atom is -0.478 e. The van der Waals surface area contributed by atoms with Gasteiger partial charge >= 0.3 is 5.97 Å². The monoisotopic (exact) mass is 179 g/mol. The summed E-state index contributed by atoms with van der Waals surface area (Å²) in [5.41, 5.74) is 5.87. The van der Waals surface area contributed by atoms with E-state index in [0.29, 0.717) is 11.5 Å². The summed E-state index contributed by atoms with van der Waals surface area (Å²) >= 11 is 0. The van der Waals surface area contributed by atoms with Gasteiger partial charge in [-0.15, -0.1) is 0 Å². The number of carboxylic acids is 1. The first-order chi connectivity index (χ1) is 6.09. The van der Waals surface area contributed by atoms with E-state index in [1.807, 2.05) is 0 Å². The first-order valence-corrected chi connectivity index (χ1v) is 3.58. The van der Waals surface area contributed by atoms with Crippen molar-refractivity contribution in [1.29, 1.82) is 0 Å². The van der Waals surface area contributed by atoms with Crippen molar-refractivity contribution in [2.75, 3.05) is 0 Å². The molecule has 0 saturated carbocycles. The highest BCUT2D eigenvalue weighted by Gasteiger charge is 2.02. The van der Waals surface area contributed by atoms with Crippen molar-refractivity contribution in [2.24, 2.45) is 10.7 Å². The van der Waals surface area contributed by atoms with Gasteiger partial charge in [-0.1, -0.05) is 0 Å². The predicted molar refractivity (Wildman–Crippen MR) is 48.2 cm³/mol. The molecule has 0 saturated heterocycles. The van der Waals surface area contributed by atoms with Crippen LogP contribution in [0.4, 0.5) is 5.69 Å². The summed E-state index contributed by atoms with van der Waals surface area (Å²) in [6.07, 6.45) is 2.70. The van der Waals surface area contributed by atoms with Crippen molar-refractivity contribution in [1.82, 2.24) is 4.98 Å². The Bertz CT molecular complexity index is 356. The van der Waals surface area contributed by atoms with Gasteiger partial charge in [0.1, 0.15) is 0 Å². The first kappa shape index (κ1) is 9.18. The smallest absolute Gasteiger partial charge is 0.337 e. The molecule has 0 aliphatic carbocycles. The second kappa shape index (κ2) is 3.66. The summed E-state index contributed by atoms with van der Waals surface area (Å²) in [7, 11) is 0. The molecule has 0 aliphatic rings. The molecule has 0 radical (unpaired) electrons. The van der Waals surface area contributed by atoms with Crippen molar-refractivity contribution in [3.63, 3.8) is 0 Å². The number of pyridine rings is 1. The Morgan fingerprint density at radius 3 is 2.85 bits per heavy atom. The number of nitrogens with two attached hydrogens (primary N) is 1. The molecule has 0 bridgehead atoms. The summed E-state index contributed by atoms with van der Waals surface area (Å²) in [5, 5.41) is 8.62. The molecule has 0 atom stereocenters. The Balaban J connectivity index is 3.06. The van der Waals surface area contributed by atoms with Gasteiger partial charge in [-0.3, -0.25) is 4.98 Å². The number of rotatable bonds is 2. The molecular weight excluding hydrogens is 170 g/mol. The van der Waals surface area contributed by atoms with Crippen LogP contribution in [0.3, 0.4) is 0 Å². The molecule has 0 fully saturated rings. The van der Waals surface area contributed by atoms with E-state index in [9.17, 15) is 4.79 Å². The molecule has 1 aromatic rings. The van der Waals surface area contributed by atoms with Crippen LogP contribution in [0.2, 0.25) is 0 Å². The van der Waals surface area contributed by atoms with Crippen LogP contribution in [-0.2, 0) is 0 Å². The van der Waals surface area contributed by atoms with E-state index in [-0.39, 0.29) is 5.56 Å². The highest BCUT2D eigenvalue weighted by atomic mass is 16.4. The zero-order valence-corrected chi connectivity index (χ0v) is 7.06. The van der Waals surface area contributed by atoms with Crippen LogP contribution in [0.5, 0.6) is 0 Å². The third kappa shape index (κ3) is 2.55. The van der Waals surface area contributed by atoms with Crippen molar-refractivity contribution in [3.8, 4) is 0 Å². The van der Waals surface area contributed by atoms with E-state index in [1.54, 1.807) is 6.92 Å². The number of carboxylic acid groups (broad SMARTS) is 1. The second-order valence-electron chi connectivity index (χ2n) is 2.49. The molecule has 0 amide bonds. The number of aliphatic imine (C=N–C) groups is 1. The van der Waals surface area contributed by atoms with Gasteiger partial charge in [0.2, 0.25) is 0 Å². The lowest BCUT2D eigenvalue weighted by Crippen LogP contribution is -2.04. The Labute approximate surface area is 74.9 Å². The topological polar surface area (TPSA) is 88.6 Å². The summed E-state index contributed by atoms with van der Waals surface area (Å²) in [4.78, 5) is 18.1. The zero-order chi connectivity index (χ0) is 9.84. The average Bonchev–Trinajstić information content (AvgIpc) is 2.03. The molecule has 0 aromatic carbocycles. The number of aromatic carboxylic acids is 1. The average molecular weight is 179 g/mol. The van der Waals surface area contributed by atoms with Gasteiger partial charge in [-0.25, -0.2) is 9.79 Å². The lowest BCUT2D eigenvalue weighted by Gasteiger charge is -1.96. The number of carbonyl (C=O) groups is 1. The largest absolute Gasteiger partial charge is 0.478 e. The lowest BCUT2D eigenvalue weighted by molar-refractivity contribution is 0.0696. The van der Waals surface area contributed by atoms with Crippen molar-refractivity contribution < 1.29 is 9.90 Å². The molecule has 0 spiro atoms. The van der Waals surface area contributed by atoms with Gasteiger partial charge in [0.15, 0.2) is 0 Å². The van der Waals surface area contributed by atoms with Crippen LogP contribution >= 0.6 is 0 Å². The Kier molecular flexibility index (Phi) is 2.59. The van der Waals surface area contributed by atoms with Crippen LogP contribution in [0.25, 0.3) is 0 Å². The number of aromatic nitrogens is 1. The molecule has 1 heterocycles. The summed E-state index contributed by atoms with van der Waals surface area (Å²) < 4.78 is 0. The lowest BCUT2D eigenvalue weighted by atomic mass is 10.3. The number of amidine groups is 1. The summed E-state index contributed by atoms with van der Waals surface area (Å²) in [5.74, 6) is -0.663. The Hall–Kier alpha value is -1.91. The third-order valence-electron chi connectivity index (χ3n) is 1.28. The van der Waals surface area contributed by atoms with Gasteiger partial charge in [0, 0.05) is 6.20 Å².